The number of rotatable bonds is 7. The summed E-state index contributed by atoms with van der Waals surface area (Å²) in [4.78, 5) is 1.51. The molecule has 1 aromatic carbocycles. The zero-order valence-electron chi connectivity index (χ0n) is 12.1. The molecule has 0 amide bonds. The second-order valence-corrected chi connectivity index (χ2v) is 6.80. The van der Waals surface area contributed by atoms with Crippen molar-refractivity contribution in [1.29, 1.82) is 0 Å². The van der Waals surface area contributed by atoms with E-state index in [1.807, 2.05) is 11.3 Å². The van der Waals surface area contributed by atoms with Crippen molar-refractivity contribution in [1.82, 2.24) is 5.32 Å². The predicted octanol–water partition coefficient (Wildman–Crippen LogP) is 4.39. The van der Waals surface area contributed by atoms with Crippen LogP contribution < -0.4 is 5.32 Å². The molecule has 0 fully saturated rings. The van der Waals surface area contributed by atoms with Crippen molar-refractivity contribution >= 4 is 11.3 Å². The first-order chi connectivity index (χ1) is 9.86. The Kier molecular flexibility index (Phi) is 4.54. The largest absolute Gasteiger partial charge is 0.314 e. The average Bonchev–Trinajstić information content (AvgIpc) is 2.94. The molecule has 106 valence electrons. The number of benzene rings is 1. The molecule has 3 rings (SSSR count). The van der Waals surface area contributed by atoms with Crippen molar-refractivity contribution in [3.05, 3.63) is 57.8 Å². The number of thiophene rings is 1. The van der Waals surface area contributed by atoms with Crippen LogP contribution in [0.15, 0.2) is 41.8 Å². The van der Waals surface area contributed by atoms with Gasteiger partial charge in [0.05, 0.1) is 0 Å². The lowest BCUT2D eigenvalue weighted by Gasteiger charge is -2.33. The molecule has 0 saturated carbocycles. The zero-order chi connectivity index (χ0) is 13.8. The van der Waals surface area contributed by atoms with E-state index in [0.717, 1.165) is 12.5 Å². The molecule has 1 N–H and O–H groups in total. The first kappa shape index (κ1) is 13.8. The Labute approximate surface area is 126 Å². The van der Waals surface area contributed by atoms with Crippen LogP contribution in [-0.4, -0.2) is 12.6 Å². The summed E-state index contributed by atoms with van der Waals surface area (Å²) in [5.41, 5.74) is 3.14. The quantitative estimate of drug-likeness (QED) is 0.795. The SMILES string of the molecule is CCCNC(Cc1cccs1)CC1Cc2ccccc21. The highest BCUT2D eigenvalue weighted by Gasteiger charge is 2.27. The minimum Gasteiger partial charge on any atom is -0.314 e. The normalized spacial score (nSPS) is 18.4. The van der Waals surface area contributed by atoms with Crippen molar-refractivity contribution in [3.8, 4) is 0 Å². The summed E-state index contributed by atoms with van der Waals surface area (Å²) < 4.78 is 0. The highest BCUT2D eigenvalue weighted by Crippen LogP contribution is 2.38. The number of fused-ring (bicyclic) bond motifs is 1. The van der Waals surface area contributed by atoms with E-state index >= 15 is 0 Å². The van der Waals surface area contributed by atoms with Crippen LogP contribution in [0.3, 0.4) is 0 Å². The molecule has 1 aromatic heterocycles. The van der Waals surface area contributed by atoms with Gasteiger partial charge in [-0.05, 0) is 60.7 Å². The highest BCUT2D eigenvalue weighted by atomic mass is 32.1. The Balaban J connectivity index is 1.62. The third-order valence-electron chi connectivity index (χ3n) is 4.24. The lowest BCUT2D eigenvalue weighted by atomic mass is 9.74. The molecule has 2 aromatic rings. The minimum absolute atomic E-state index is 0.618. The lowest BCUT2D eigenvalue weighted by molar-refractivity contribution is 0.417. The van der Waals surface area contributed by atoms with Crippen LogP contribution in [0, 0.1) is 0 Å². The van der Waals surface area contributed by atoms with Crippen LogP contribution in [0.1, 0.15) is 41.7 Å². The van der Waals surface area contributed by atoms with E-state index in [9.17, 15) is 0 Å². The van der Waals surface area contributed by atoms with Gasteiger partial charge in [0.15, 0.2) is 0 Å². The highest BCUT2D eigenvalue weighted by molar-refractivity contribution is 7.09. The van der Waals surface area contributed by atoms with E-state index in [2.05, 4.69) is 54.0 Å². The molecule has 20 heavy (non-hydrogen) atoms. The van der Waals surface area contributed by atoms with Crippen LogP contribution >= 0.6 is 11.3 Å². The Hall–Kier alpha value is -1.12. The molecule has 0 bridgehead atoms. The van der Waals surface area contributed by atoms with Crippen molar-refractivity contribution in [2.24, 2.45) is 0 Å². The molecule has 2 atom stereocenters. The van der Waals surface area contributed by atoms with E-state index in [-0.39, 0.29) is 0 Å². The smallest absolute Gasteiger partial charge is 0.0121 e. The first-order valence-electron chi connectivity index (χ1n) is 7.70. The second-order valence-electron chi connectivity index (χ2n) is 5.77. The molecule has 1 nitrogen and oxygen atoms in total. The summed E-state index contributed by atoms with van der Waals surface area (Å²) >= 11 is 1.88. The van der Waals surface area contributed by atoms with Gasteiger partial charge in [0.1, 0.15) is 0 Å². The molecule has 2 unspecified atom stereocenters. The zero-order valence-corrected chi connectivity index (χ0v) is 13.0. The van der Waals surface area contributed by atoms with Gasteiger partial charge in [-0.2, -0.15) is 0 Å². The predicted molar refractivity (Wildman–Crippen MR) is 87.6 cm³/mol. The van der Waals surface area contributed by atoms with Crippen LogP contribution in [0.5, 0.6) is 0 Å². The minimum atomic E-state index is 0.618. The Morgan fingerprint density at radius 2 is 2.15 bits per heavy atom. The fraction of sp³-hybridized carbons (Fsp3) is 0.444. The third kappa shape index (κ3) is 3.13. The summed E-state index contributed by atoms with van der Waals surface area (Å²) in [6.07, 6.45) is 4.93. The summed E-state index contributed by atoms with van der Waals surface area (Å²) in [7, 11) is 0. The van der Waals surface area contributed by atoms with Crippen molar-refractivity contribution in [3.63, 3.8) is 0 Å². The van der Waals surface area contributed by atoms with Crippen LogP contribution in [0.4, 0.5) is 0 Å². The molecule has 0 saturated heterocycles. The average molecular weight is 285 g/mol. The fourth-order valence-electron chi connectivity index (χ4n) is 3.18. The number of hydrogen-bond acceptors (Lipinski definition) is 2. The molecule has 1 aliphatic rings. The van der Waals surface area contributed by atoms with Gasteiger partial charge in [0.2, 0.25) is 0 Å². The summed E-state index contributed by atoms with van der Waals surface area (Å²) in [5.74, 6) is 0.764. The maximum absolute atomic E-state index is 3.74. The monoisotopic (exact) mass is 285 g/mol. The van der Waals surface area contributed by atoms with Gasteiger partial charge in [0.25, 0.3) is 0 Å². The maximum atomic E-state index is 3.74. The van der Waals surface area contributed by atoms with Crippen molar-refractivity contribution in [2.75, 3.05) is 6.54 Å². The maximum Gasteiger partial charge on any atom is 0.0121 e. The van der Waals surface area contributed by atoms with E-state index in [1.54, 1.807) is 11.1 Å². The molecule has 1 heterocycles. The van der Waals surface area contributed by atoms with Gasteiger partial charge in [-0.25, -0.2) is 0 Å². The Morgan fingerprint density at radius 3 is 2.90 bits per heavy atom. The van der Waals surface area contributed by atoms with Crippen LogP contribution in [-0.2, 0) is 12.8 Å². The fourth-order valence-corrected chi connectivity index (χ4v) is 3.96. The molecule has 2 heteroatoms. The van der Waals surface area contributed by atoms with E-state index in [4.69, 9.17) is 0 Å². The first-order valence-corrected chi connectivity index (χ1v) is 8.58. The van der Waals surface area contributed by atoms with Gasteiger partial charge in [-0.1, -0.05) is 37.3 Å². The molecule has 0 aliphatic heterocycles. The van der Waals surface area contributed by atoms with E-state index in [1.165, 1.54) is 30.6 Å². The third-order valence-corrected chi connectivity index (χ3v) is 5.14. The number of nitrogens with one attached hydrogen (secondary N) is 1. The Bertz CT molecular complexity index is 532. The van der Waals surface area contributed by atoms with Crippen molar-refractivity contribution < 1.29 is 0 Å². The standard InChI is InChI=1S/C18H23NS/c1-2-9-19-16(13-17-7-5-10-20-17)12-15-11-14-6-3-4-8-18(14)15/h3-8,10,15-16,19H,2,9,11-13H2,1H3. The topological polar surface area (TPSA) is 12.0 Å². The van der Waals surface area contributed by atoms with E-state index < -0.39 is 0 Å². The number of hydrogen-bond donors (Lipinski definition) is 1. The van der Waals surface area contributed by atoms with E-state index in [0.29, 0.717) is 6.04 Å². The van der Waals surface area contributed by atoms with Crippen LogP contribution in [0.25, 0.3) is 0 Å². The van der Waals surface area contributed by atoms with Gasteiger partial charge in [0, 0.05) is 10.9 Å². The Morgan fingerprint density at radius 1 is 1.25 bits per heavy atom. The van der Waals surface area contributed by atoms with Gasteiger partial charge in [-0.3, -0.25) is 0 Å². The van der Waals surface area contributed by atoms with Crippen LogP contribution in [0.2, 0.25) is 0 Å². The van der Waals surface area contributed by atoms with Gasteiger partial charge < -0.3 is 5.32 Å². The second kappa shape index (κ2) is 6.55. The molecular formula is C18H23NS. The summed E-state index contributed by atoms with van der Waals surface area (Å²) in [6.45, 7) is 3.37. The molecular weight excluding hydrogens is 262 g/mol. The summed E-state index contributed by atoms with van der Waals surface area (Å²) in [5, 5.41) is 5.93. The van der Waals surface area contributed by atoms with Crippen molar-refractivity contribution in [2.45, 2.75) is 44.6 Å². The molecule has 0 spiro atoms. The van der Waals surface area contributed by atoms with Gasteiger partial charge >= 0.3 is 0 Å². The molecule has 1 aliphatic carbocycles. The summed E-state index contributed by atoms with van der Waals surface area (Å²) in [6, 6.07) is 14.0. The van der Waals surface area contributed by atoms with Gasteiger partial charge in [-0.15, -0.1) is 11.3 Å². The molecule has 0 radical (unpaired) electrons. The lowest BCUT2D eigenvalue weighted by Crippen LogP contribution is -2.35.